The molecule has 1 fully saturated rings. The van der Waals surface area contributed by atoms with Crippen molar-refractivity contribution in [3.05, 3.63) is 42.4 Å². The van der Waals surface area contributed by atoms with Crippen molar-refractivity contribution in [2.75, 3.05) is 25.5 Å². The first-order valence-corrected chi connectivity index (χ1v) is 8.60. The summed E-state index contributed by atoms with van der Waals surface area (Å²) >= 11 is 0. The van der Waals surface area contributed by atoms with Gasteiger partial charge in [0.05, 0.1) is 11.6 Å². The minimum absolute atomic E-state index is 0.329. The molecule has 25 heavy (non-hydrogen) atoms. The van der Waals surface area contributed by atoms with E-state index in [9.17, 15) is 0 Å². The third kappa shape index (κ3) is 3.71. The van der Waals surface area contributed by atoms with Crippen molar-refractivity contribution in [1.29, 1.82) is 0 Å². The van der Waals surface area contributed by atoms with Crippen molar-refractivity contribution < 1.29 is 4.74 Å². The van der Waals surface area contributed by atoms with Crippen LogP contribution < -0.4 is 10.1 Å². The Morgan fingerprint density at radius 2 is 2.00 bits per heavy atom. The molecule has 1 aliphatic rings. The Bertz CT molecular complexity index is 823. The van der Waals surface area contributed by atoms with Gasteiger partial charge in [0.1, 0.15) is 24.0 Å². The summed E-state index contributed by atoms with van der Waals surface area (Å²) in [5, 5.41) is 11.1. The SMILES string of the molecule is CN1CCC(Oc2ccc(CNc3ncnc4[nH]ncc34)cc2)CC1. The van der Waals surface area contributed by atoms with Gasteiger partial charge in [-0.15, -0.1) is 0 Å². The van der Waals surface area contributed by atoms with Gasteiger partial charge in [0, 0.05) is 19.6 Å². The van der Waals surface area contributed by atoms with Crippen molar-refractivity contribution in [2.24, 2.45) is 0 Å². The second-order valence-electron chi connectivity index (χ2n) is 6.47. The normalized spacial score (nSPS) is 16.2. The van der Waals surface area contributed by atoms with E-state index in [0.717, 1.165) is 48.5 Å². The molecule has 0 aliphatic carbocycles. The molecule has 0 radical (unpaired) electrons. The van der Waals surface area contributed by atoms with Crippen molar-refractivity contribution >= 4 is 16.9 Å². The van der Waals surface area contributed by atoms with E-state index in [1.54, 1.807) is 6.20 Å². The van der Waals surface area contributed by atoms with Crippen molar-refractivity contribution in [2.45, 2.75) is 25.5 Å². The molecule has 0 unspecified atom stereocenters. The van der Waals surface area contributed by atoms with Gasteiger partial charge < -0.3 is 15.0 Å². The Labute approximate surface area is 146 Å². The number of nitrogens with one attached hydrogen (secondary N) is 2. The van der Waals surface area contributed by atoms with Crippen LogP contribution in [0.3, 0.4) is 0 Å². The fourth-order valence-electron chi connectivity index (χ4n) is 3.07. The smallest absolute Gasteiger partial charge is 0.160 e. The monoisotopic (exact) mass is 338 g/mol. The first-order valence-electron chi connectivity index (χ1n) is 8.60. The van der Waals surface area contributed by atoms with Crippen LogP contribution in [0.2, 0.25) is 0 Å². The second-order valence-corrected chi connectivity index (χ2v) is 6.47. The molecule has 0 atom stereocenters. The van der Waals surface area contributed by atoms with E-state index in [0.29, 0.717) is 12.6 Å². The zero-order valence-electron chi connectivity index (χ0n) is 14.3. The van der Waals surface area contributed by atoms with Gasteiger partial charge in [-0.05, 0) is 37.6 Å². The largest absolute Gasteiger partial charge is 0.490 e. The van der Waals surface area contributed by atoms with E-state index < -0.39 is 0 Å². The lowest BCUT2D eigenvalue weighted by molar-refractivity contribution is 0.114. The van der Waals surface area contributed by atoms with Crippen LogP contribution in [0, 0.1) is 0 Å². The molecule has 0 spiro atoms. The zero-order chi connectivity index (χ0) is 17.1. The molecule has 0 bridgehead atoms. The Hall–Kier alpha value is -2.67. The number of likely N-dealkylation sites (tertiary alicyclic amines) is 1. The van der Waals surface area contributed by atoms with E-state index >= 15 is 0 Å². The highest BCUT2D eigenvalue weighted by Crippen LogP contribution is 2.20. The van der Waals surface area contributed by atoms with Crippen molar-refractivity contribution in [3.63, 3.8) is 0 Å². The zero-order valence-corrected chi connectivity index (χ0v) is 14.3. The maximum Gasteiger partial charge on any atom is 0.160 e. The number of ether oxygens (including phenoxy) is 1. The lowest BCUT2D eigenvalue weighted by atomic mass is 10.1. The number of aromatic nitrogens is 4. The predicted octanol–water partition coefficient (Wildman–Crippen LogP) is 2.44. The third-order valence-corrected chi connectivity index (χ3v) is 4.60. The van der Waals surface area contributed by atoms with Gasteiger partial charge in [-0.1, -0.05) is 12.1 Å². The second kappa shape index (κ2) is 7.06. The number of nitrogens with zero attached hydrogens (tertiary/aromatic N) is 4. The topological polar surface area (TPSA) is 79.0 Å². The van der Waals surface area contributed by atoms with Crippen LogP contribution in [0.5, 0.6) is 5.75 Å². The maximum atomic E-state index is 6.09. The van der Waals surface area contributed by atoms with E-state index in [1.807, 2.05) is 12.1 Å². The average molecular weight is 338 g/mol. The van der Waals surface area contributed by atoms with E-state index in [2.05, 4.69) is 49.6 Å². The Balaban J connectivity index is 1.35. The summed E-state index contributed by atoms with van der Waals surface area (Å²) in [5.74, 6) is 1.72. The average Bonchev–Trinajstić information content (AvgIpc) is 3.12. The third-order valence-electron chi connectivity index (χ3n) is 4.60. The maximum absolute atomic E-state index is 6.09. The number of rotatable bonds is 5. The molecule has 7 heteroatoms. The van der Waals surface area contributed by atoms with Crippen LogP contribution in [-0.2, 0) is 6.54 Å². The molecular formula is C18H22N6O. The van der Waals surface area contributed by atoms with Crippen LogP contribution in [0.1, 0.15) is 18.4 Å². The first kappa shape index (κ1) is 15.8. The summed E-state index contributed by atoms with van der Waals surface area (Å²) in [4.78, 5) is 10.8. The Kier molecular flexibility index (Phi) is 4.47. The summed E-state index contributed by atoms with van der Waals surface area (Å²) in [6.07, 6.45) is 5.77. The minimum atomic E-state index is 0.329. The number of H-pyrrole nitrogens is 1. The molecule has 1 aromatic carbocycles. The number of aromatic amines is 1. The highest BCUT2D eigenvalue weighted by Gasteiger charge is 2.17. The van der Waals surface area contributed by atoms with Crippen molar-refractivity contribution in [1.82, 2.24) is 25.1 Å². The number of hydrogen-bond acceptors (Lipinski definition) is 6. The van der Waals surface area contributed by atoms with Gasteiger partial charge in [0.25, 0.3) is 0 Å². The number of hydrogen-bond donors (Lipinski definition) is 2. The number of benzene rings is 1. The molecule has 130 valence electrons. The minimum Gasteiger partial charge on any atom is -0.490 e. The number of fused-ring (bicyclic) bond motifs is 1. The van der Waals surface area contributed by atoms with Crippen LogP contribution >= 0.6 is 0 Å². The molecule has 3 aromatic rings. The van der Waals surface area contributed by atoms with Crippen LogP contribution in [0.4, 0.5) is 5.82 Å². The van der Waals surface area contributed by atoms with Gasteiger partial charge in [-0.2, -0.15) is 5.10 Å². The van der Waals surface area contributed by atoms with Gasteiger partial charge in [-0.3, -0.25) is 5.10 Å². The van der Waals surface area contributed by atoms with Gasteiger partial charge in [0.15, 0.2) is 5.65 Å². The summed E-state index contributed by atoms with van der Waals surface area (Å²) in [6, 6.07) is 8.27. The van der Waals surface area contributed by atoms with Gasteiger partial charge in [-0.25, -0.2) is 9.97 Å². The molecule has 1 saturated heterocycles. The van der Waals surface area contributed by atoms with E-state index in [-0.39, 0.29) is 0 Å². The molecule has 7 nitrogen and oxygen atoms in total. The van der Waals surface area contributed by atoms with Crippen molar-refractivity contribution in [3.8, 4) is 5.75 Å². The molecule has 1 aliphatic heterocycles. The lowest BCUT2D eigenvalue weighted by Crippen LogP contribution is -2.35. The standard InChI is InChI=1S/C18H22N6O/c1-24-8-6-15(7-9-24)25-14-4-2-13(3-5-14)10-19-17-16-11-22-23-18(16)21-12-20-17/h2-5,11-12,15H,6-10H2,1H3,(H2,19,20,21,22,23). The molecule has 0 amide bonds. The number of piperidine rings is 1. The summed E-state index contributed by atoms with van der Waals surface area (Å²) < 4.78 is 6.09. The van der Waals surface area contributed by atoms with E-state index in [4.69, 9.17) is 4.74 Å². The van der Waals surface area contributed by atoms with E-state index in [1.165, 1.54) is 11.9 Å². The molecule has 4 rings (SSSR count). The molecule has 2 aromatic heterocycles. The predicted molar refractivity (Wildman–Crippen MR) is 96.6 cm³/mol. The molecular weight excluding hydrogens is 316 g/mol. The molecule has 3 heterocycles. The fraction of sp³-hybridized carbons (Fsp3) is 0.389. The highest BCUT2D eigenvalue weighted by molar-refractivity contribution is 5.85. The Morgan fingerprint density at radius 1 is 1.20 bits per heavy atom. The van der Waals surface area contributed by atoms with Gasteiger partial charge >= 0.3 is 0 Å². The summed E-state index contributed by atoms with van der Waals surface area (Å²) in [7, 11) is 2.16. The molecule has 2 N–H and O–H groups in total. The quantitative estimate of drug-likeness (QED) is 0.744. The Morgan fingerprint density at radius 3 is 2.80 bits per heavy atom. The highest BCUT2D eigenvalue weighted by atomic mass is 16.5. The number of anilines is 1. The first-order chi connectivity index (χ1) is 12.3. The molecule has 0 saturated carbocycles. The summed E-state index contributed by atoms with van der Waals surface area (Å²) in [6.45, 7) is 2.90. The lowest BCUT2D eigenvalue weighted by Gasteiger charge is -2.29. The van der Waals surface area contributed by atoms with Gasteiger partial charge in [0.2, 0.25) is 0 Å². The summed E-state index contributed by atoms with van der Waals surface area (Å²) in [5.41, 5.74) is 1.91. The van der Waals surface area contributed by atoms with Crippen LogP contribution in [0.25, 0.3) is 11.0 Å². The van der Waals surface area contributed by atoms with Crippen LogP contribution in [-0.4, -0.2) is 51.3 Å². The fourth-order valence-corrected chi connectivity index (χ4v) is 3.07. The van der Waals surface area contributed by atoms with Crippen LogP contribution in [0.15, 0.2) is 36.8 Å².